The van der Waals surface area contributed by atoms with Crippen LogP contribution in [0.25, 0.3) is 0 Å². The summed E-state index contributed by atoms with van der Waals surface area (Å²) in [6.45, 7) is 9.31. The predicted molar refractivity (Wildman–Crippen MR) is 170 cm³/mol. The van der Waals surface area contributed by atoms with Gasteiger partial charge in [-0.25, -0.2) is 0 Å². The predicted octanol–water partition coefficient (Wildman–Crippen LogP) is 13.5. The molecule has 0 amide bonds. The number of unbranched alkanes of at least 4 members (excludes halogenated alkanes) is 21. The first-order valence-electron chi connectivity index (χ1n) is 16.8. The van der Waals surface area contributed by atoms with Crippen LogP contribution in [0.3, 0.4) is 0 Å². The Kier molecular flexibility index (Phi) is 25.5. The van der Waals surface area contributed by atoms with E-state index < -0.39 is 5.96 Å². The number of hydrogen-bond donors (Lipinski definition) is 0. The Morgan fingerprint density at radius 2 is 0.457 bits per heavy atom. The summed E-state index contributed by atoms with van der Waals surface area (Å²) in [6, 6.07) is 0. The Bertz CT molecular complexity index is 383. The molecule has 35 heavy (non-hydrogen) atoms. The minimum absolute atomic E-state index is 1.35. The molecule has 0 aliphatic carbocycles. The van der Waals surface area contributed by atoms with Gasteiger partial charge >= 0.3 is 230 Å². The van der Waals surface area contributed by atoms with Gasteiger partial charge in [-0.2, -0.15) is 0 Å². The fourth-order valence-electron chi connectivity index (χ4n) is 6.00. The van der Waals surface area contributed by atoms with Crippen LogP contribution in [0.2, 0.25) is 0 Å². The Balaban J connectivity index is 4.83. The normalized spacial score (nSPS) is 13.2. The van der Waals surface area contributed by atoms with Crippen LogP contribution in [0, 0.1) is 0 Å². The molecule has 0 spiro atoms. The van der Waals surface area contributed by atoms with Crippen molar-refractivity contribution in [2.24, 2.45) is 0 Å². The molecule has 0 fully saturated rings. The van der Waals surface area contributed by atoms with Gasteiger partial charge in [-0.3, -0.25) is 0 Å². The van der Waals surface area contributed by atoms with E-state index >= 15 is 0 Å². The Morgan fingerprint density at radius 3 is 0.657 bits per heavy atom. The zero-order chi connectivity index (χ0) is 26.0. The van der Waals surface area contributed by atoms with Crippen molar-refractivity contribution in [3.63, 3.8) is 0 Å². The molecule has 0 rings (SSSR count). The van der Waals surface area contributed by atoms with Crippen LogP contribution in [-0.2, 0) is 0 Å². The van der Waals surface area contributed by atoms with Gasteiger partial charge in [0.25, 0.3) is 0 Å². The molecule has 0 radical (unpaired) electrons. The monoisotopic (exact) mass is 532 g/mol. The van der Waals surface area contributed by atoms with Gasteiger partial charge in [-0.05, 0) is 0 Å². The molecule has 0 saturated heterocycles. The molecule has 0 aliphatic heterocycles. The molecule has 0 aromatic heterocycles. The first-order valence-corrected chi connectivity index (χ1v) is 20.6. The van der Waals surface area contributed by atoms with Crippen molar-refractivity contribution in [3.8, 4) is 0 Å². The van der Waals surface area contributed by atoms with Gasteiger partial charge in [0.1, 0.15) is 0 Å². The summed E-state index contributed by atoms with van der Waals surface area (Å²) in [7, 11) is 0. The van der Waals surface area contributed by atoms with Crippen LogP contribution in [0.4, 0.5) is 0 Å². The Morgan fingerprint density at radius 1 is 0.286 bits per heavy atom. The molecule has 2 heteroatoms. The maximum absolute atomic E-state index is 8.08. The second-order valence-electron chi connectivity index (χ2n) is 12.1. The molecule has 0 nitrogen and oxygen atoms in total. The van der Waals surface area contributed by atoms with E-state index in [0.29, 0.717) is 0 Å². The second-order valence-corrected chi connectivity index (χ2v) is 20.4. The molecular formula is C33H70ClP. The van der Waals surface area contributed by atoms with E-state index in [9.17, 15) is 0 Å². The van der Waals surface area contributed by atoms with Gasteiger partial charge in [0.15, 0.2) is 0 Å². The zero-order valence-corrected chi connectivity index (χ0v) is 27.0. The summed E-state index contributed by atoms with van der Waals surface area (Å²) in [5.74, 6) is -2.09. The third kappa shape index (κ3) is 21.4. The number of hydrogen-bond acceptors (Lipinski definition) is 0. The van der Waals surface area contributed by atoms with Crippen molar-refractivity contribution >= 4 is 17.2 Å². The van der Waals surface area contributed by atoms with Gasteiger partial charge in [0.05, 0.1) is 0 Å². The molecule has 0 N–H and O–H groups in total. The van der Waals surface area contributed by atoms with Crippen LogP contribution in [0.15, 0.2) is 0 Å². The van der Waals surface area contributed by atoms with Crippen molar-refractivity contribution in [2.75, 3.05) is 24.6 Å². The third-order valence-electron chi connectivity index (χ3n) is 8.53. The number of halogens is 1. The molecule has 0 atom stereocenters. The van der Waals surface area contributed by atoms with E-state index in [1.807, 2.05) is 0 Å². The van der Waals surface area contributed by atoms with Crippen molar-refractivity contribution in [3.05, 3.63) is 0 Å². The summed E-state index contributed by atoms with van der Waals surface area (Å²) in [4.78, 5) is 0. The van der Waals surface area contributed by atoms with E-state index in [1.54, 1.807) is 0 Å². The van der Waals surface area contributed by atoms with Gasteiger partial charge in [0.2, 0.25) is 0 Å². The molecule has 214 valence electrons. The molecule has 0 unspecified atom stereocenters. The molecule has 0 aromatic rings. The third-order valence-corrected chi connectivity index (χ3v) is 16.3. The van der Waals surface area contributed by atoms with Gasteiger partial charge in [0, 0.05) is 0 Å². The van der Waals surface area contributed by atoms with Crippen LogP contribution in [-0.4, -0.2) is 24.6 Å². The molecule has 0 heterocycles. The van der Waals surface area contributed by atoms with Crippen molar-refractivity contribution in [2.45, 2.75) is 188 Å². The Labute approximate surface area is 229 Å². The van der Waals surface area contributed by atoms with Crippen molar-refractivity contribution < 1.29 is 0 Å². The molecule has 0 aromatic carbocycles. The van der Waals surface area contributed by atoms with Gasteiger partial charge in [-0.1, -0.05) is 0 Å². The minimum atomic E-state index is -2.09. The van der Waals surface area contributed by atoms with E-state index in [0.717, 1.165) is 0 Å². The topological polar surface area (TPSA) is 0 Å². The zero-order valence-electron chi connectivity index (χ0n) is 25.3. The first kappa shape index (κ1) is 35.7. The van der Waals surface area contributed by atoms with Gasteiger partial charge < -0.3 is 0 Å². The van der Waals surface area contributed by atoms with E-state index in [-0.39, 0.29) is 0 Å². The fraction of sp³-hybridized carbons (Fsp3) is 1.00. The average molecular weight is 533 g/mol. The summed E-state index contributed by atoms with van der Waals surface area (Å²) < 4.78 is 0. The maximum atomic E-state index is 8.08. The molecule has 0 bridgehead atoms. The average Bonchev–Trinajstić information content (AvgIpc) is 2.85. The quantitative estimate of drug-likeness (QED) is 0.0663. The molecule has 0 aliphatic rings. The number of rotatable bonds is 29. The van der Waals surface area contributed by atoms with Crippen LogP contribution in [0.5, 0.6) is 0 Å². The summed E-state index contributed by atoms with van der Waals surface area (Å²) >= 11 is 8.08. The second kappa shape index (κ2) is 25.0. The van der Waals surface area contributed by atoms with E-state index in [2.05, 4.69) is 27.7 Å². The summed E-state index contributed by atoms with van der Waals surface area (Å²) in [6.07, 6.45) is 41.0. The summed E-state index contributed by atoms with van der Waals surface area (Å²) in [5.41, 5.74) is 0. The van der Waals surface area contributed by atoms with Gasteiger partial charge in [-0.15, -0.1) is 0 Å². The van der Waals surface area contributed by atoms with E-state index in [1.165, 1.54) is 185 Å². The fourth-order valence-corrected chi connectivity index (χ4v) is 12.8. The standard InChI is InChI=1S/C33H70ClP/c1-5-9-13-17-18-19-20-21-25-29-33-35(34,30-26-22-14-10-6-2,31-27-23-15-11-7-3)32-28-24-16-12-8-4/h5-33H2,1-4H3. The Hall–Kier alpha value is 0.720. The van der Waals surface area contributed by atoms with Crippen LogP contribution >= 0.6 is 17.2 Å². The molecular weight excluding hydrogens is 463 g/mol. The van der Waals surface area contributed by atoms with Crippen molar-refractivity contribution in [1.29, 1.82) is 0 Å². The van der Waals surface area contributed by atoms with Crippen molar-refractivity contribution in [1.82, 2.24) is 0 Å². The molecule has 0 saturated carbocycles. The van der Waals surface area contributed by atoms with E-state index in [4.69, 9.17) is 11.2 Å². The first-order chi connectivity index (χ1) is 17.0. The SMILES string of the molecule is CCCCCCCCCCCCP(Cl)(CCCCCCC)(CCCCCCC)CCCCCCC. The van der Waals surface area contributed by atoms with Crippen LogP contribution in [0.1, 0.15) is 188 Å². The van der Waals surface area contributed by atoms with Crippen LogP contribution < -0.4 is 0 Å². The summed E-state index contributed by atoms with van der Waals surface area (Å²) in [5, 5.41) is 0.